The maximum absolute atomic E-state index is 11.4. The summed E-state index contributed by atoms with van der Waals surface area (Å²) in [6.07, 6.45) is 10.5. The first kappa shape index (κ1) is 22.6. The SMILES string of the molecule is CC[C@H]1CC[C@@H](Oc2ccc3nc(CN4CC(C5CCCC(C(=O)O)C5)C4)ccc3c2)CC1. The Labute approximate surface area is 197 Å². The van der Waals surface area contributed by atoms with Gasteiger partial charge >= 0.3 is 5.97 Å². The molecule has 2 atom stereocenters. The molecule has 1 N–H and O–H groups in total. The molecule has 1 aromatic carbocycles. The van der Waals surface area contributed by atoms with E-state index in [2.05, 4.69) is 42.2 Å². The molecule has 5 nitrogen and oxygen atoms in total. The van der Waals surface area contributed by atoms with Crippen LogP contribution in [0.4, 0.5) is 0 Å². The van der Waals surface area contributed by atoms with Crippen LogP contribution in [0.3, 0.4) is 0 Å². The molecular formula is C28H38N2O3. The summed E-state index contributed by atoms with van der Waals surface area (Å²) >= 11 is 0. The van der Waals surface area contributed by atoms with E-state index in [0.29, 0.717) is 17.9 Å². The van der Waals surface area contributed by atoms with Crippen LogP contribution in [0.1, 0.15) is 70.4 Å². The van der Waals surface area contributed by atoms with Crippen molar-refractivity contribution in [1.82, 2.24) is 9.88 Å². The van der Waals surface area contributed by atoms with Crippen molar-refractivity contribution >= 4 is 16.9 Å². The molecular weight excluding hydrogens is 412 g/mol. The number of carboxylic acids is 1. The summed E-state index contributed by atoms with van der Waals surface area (Å²) in [5, 5.41) is 10.5. The number of hydrogen-bond donors (Lipinski definition) is 1. The van der Waals surface area contributed by atoms with Gasteiger partial charge in [-0.25, -0.2) is 0 Å². The van der Waals surface area contributed by atoms with Crippen molar-refractivity contribution in [3.63, 3.8) is 0 Å². The Hall–Kier alpha value is -2.14. The van der Waals surface area contributed by atoms with Gasteiger partial charge in [-0.3, -0.25) is 14.7 Å². The Kier molecular flexibility index (Phi) is 6.86. The standard InChI is InChI=1S/C28H38N2O3/c1-2-19-6-10-25(11-7-19)33-26-12-13-27-21(15-26)8-9-24(29-27)18-30-16-23(17-30)20-4-3-5-22(14-20)28(31)32/h8-9,12-13,15,19-20,22-23,25H,2-7,10-11,14,16-18H2,1H3,(H,31,32)/t19-,20?,22?,25+. The highest BCUT2D eigenvalue weighted by Gasteiger charge is 2.37. The van der Waals surface area contributed by atoms with Crippen molar-refractivity contribution in [1.29, 1.82) is 0 Å². The van der Waals surface area contributed by atoms with Crippen molar-refractivity contribution in [2.75, 3.05) is 13.1 Å². The topological polar surface area (TPSA) is 62.7 Å². The zero-order valence-corrected chi connectivity index (χ0v) is 19.9. The van der Waals surface area contributed by atoms with Crippen LogP contribution in [0.25, 0.3) is 10.9 Å². The van der Waals surface area contributed by atoms with Crippen LogP contribution in [0.15, 0.2) is 30.3 Å². The van der Waals surface area contributed by atoms with Crippen LogP contribution < -0.4 is 4.74 Å². The lowest BCUT2D eigenvalue weighted by molar-refractivity contribution is -0.144. The van der Waals surface area contributed by atoms with Crippen molar-refractivity contribution in [2.45, 2.75) is 77.4 Å². The maximum atomic E-state index is 11.4. The molecule has 2 saturated carbocycles. The fourth-order valence-corrected chi connectivity index (χ4v) is 6.30. The molecule has 3 aliphatic rings. The summed E-state index contributed by atoms with van der Waals surface area (Å²) in [6, 6.07) is 10.6. The van der Waals surface area contributed by atoms with Crippen molar-refractivity contribution in [2.24, 2.45) is 23.7 Å². The van der Waals surface area contributed by atoms with Crippen molar-refractivity contribution in [3.05, 3.63) is 36.0 Å². The third kappa shape index (κ3) is 5.34. The quantitative estimate of drug-likeness (QED) is 0.568. The molecule has 0 radical (unpaired) electrons. The highest BCUT2D eigenvalue weighted by Crippen LogP contribution is 2.38. The lowest BCUT2D eigenvalue weighted by Crippen LogP contribution is -2.50. The first-order chi connectivity index (χ1) is 16.1. The Morgan fingerprint density at radius 1 is 1.06 bits per heavy atom. The number of pyridine rings is 1. The van der Waals surface area contributed by atoms with Gasteiger partial charge in [-0.15, -0.1) is 0 Å². The van der Waals surface area contributed by atoms with Crippen molar-refractivity contribution in [3.8, 4) is 5.75 Å². The number of rotatable bonds is 7. The molecule has 2 unspecified atom stereocenters. The van der Waals surface area contributed by atoms with Gasteiger partial charge in [-0.1, -0.05) is 32.3 Å². The van der Waals surface area contributed by atoms with E-state index in [1.807, 2.05) is 0 Å². The number of nitrogens with zero attached hydrogens (tertiary/aromatic N) is 2. The van der Waals surface area contributed by atoms with Crippen LogP contribution in [-0.2, 0) is 11.3 Å². The molecule has 178 valence electrons. The molecule has 33 heavy (non-hydrogen) atoms. The van der Waals surface area contributed by atoms with E-state index in [0.717, 1.165) is 67.2 Å². The van der Waals surface area contributed by atoms with Gasteiger partial charge in [-0.2, -0.15) is 0 Å². The summed E-state index contributed by atoms with van der Waals surface area (Å²) in [6.45, 7) is 5.32. The van der Waals surface area contributed by atoms with Gasteiger partial charge in [0, 0.05) is 25.0 Å². The molecule has 1 aliphatic heterocycles. The smallest absolute Gasteiger partial charge is 0.306 e. The van der Waals surface area contributed by atoms with E-state index >= 15 is 0 Å². The molecule has 2 heterocycles. The molecule has 5 rings (SSSR count). The molecule has 2 aliphatic carbocycles. The van der Waals surface area contributed by atoms with Gasteiger partial charge in [0.25, 0.3) is 0 Å². The summed E-state index contributed by atoms with van der Waals surface area (Å²) in [7, 11) is 0. The van der Waals surface area contributed by atoms with Gasteiger partial charge < -0.3 is 9.84 Å². The minimum Gasteiger partial charge on any atom is -0.490 e. The highest BCUT2D eigenvalue weighted by atomic mass is 16.5. The van der Waals surface area contributed by atoms with E-state index in [9.17, 15) is 9.90 Å². The Morgan fingerprint density at radius 2 is 1.88 bits per heavy atom. The largest absolute Gasteiger partial charge is 0.490 e. The molecule has 3 fully saturated rings. The van der Waals surface area contributed by atoms with Gasteiger partial charge in [0.05, 0.1) is 23.2 Å². The summed E-state index contributed by atoms with van der Waals surface area (Å²) in [5.74, 6) is 2.36. The number of aliphatic carboxylic acids is 1. The zero-order valence-electron chi connectivity index (χ0n) is 19.9. The number of ether oxygens (including phenoxy) is 1. The molecule has 2 aromatic rings. The minimum atomic E-state index is -0.603. The Bertz CT molecular complexity index is 963. The number of fused-ring (bicyclic) bond motifs is 1. The maximum Gasteiger partial charge on any atom is 0.306 e. The normalized spacial score (nSPS) is 29.0. The number of aromatic nitrogens is 1. The molecule has 1 aromatic heterocycles. The van der Waals surface area contributed by atoms with E-state index in [1.165, 1.54) is 38.5 Å². The fraction of sp³-hybridized carbons (Fsp3) is 0.643. The van der Waals surface area contributed by atoms with E-state index in [1.54, 1.807) is 0 Å². The molecule has 5 heteroatoms. The van der Waals surface area contributed by atoms with Crippen LogP contribution in [-0.4, -0.2) is 40.2 Å². The average Bonchev–Trinajstić information content (AvgIpc) is 2.81. The first-order valence-corrected chi connectivity index (χ1v) is 13.1. The van der Waals surface area contributed by atoms with Gasteiger partial charge in [0.1, 0.15) is 5.75 Å². The Morgan fingerprint density at radius 3 is 2.64 bits per heavy atom. The van der Waals surface area contributed by atoms with E-state index in [4.69, 9.17) is 9.72 Å². The highest BCUT2D eigenvalue weighted by molar-refractivity contribution is 5.80. The fourth-order valence-electron chi connectivity index (χ4n) is 6.30. The van der Waals surface area contributed by atoms with Crippen LogP contribution >= 0.6 is 0 Å². The number of carbonyl (C=O) groups is 1. The van der Waals surface area contributed by atoms with Gasteiger partial charge in [0.15, 0.2) is 0 Å². The molecule has 0 spiro atoms. The summed E-state index contributed by atoms with van der Waals surface area (Å²) < 4.78 is 6.30. The monoisotopic (exact) mass is 450 g/mol. The van der Waals surface area contributed by atoms with E-state index in [-0.39, 0.29) is 5.92 Å². The number of benzene rings is 1. The van der Waals surface area contributed by atoms with Crippen LogP contribution in [0.5, 0.6) is 5.75 Å². The predicted molar refractivity (Wildman–Crippen MR) is 130 cm³/mol. The van der Waals surface area contributed by atoms with Gasteiger partial charge in [0.2, 0.25) is 0 Å². The van der Waals surface area contributed by atoms with Crippen LogP contribution in [0, 0.1) is 23.7 Å². The molecule has 1 saturated heterocycles. The van der Waals surface area contributed by atoms with Gasteiger partial charge in [-0.05, 0) is 80.5 Å². The lowest BCUT2D eigenvalue weighted by Gasteiger charge is -2.45. The molecule has 0 amide bonds. The second-order valence-corrected chi connectivity index (χ2v) is 10.7. The third-order valence-corrected chi connectivity index (χ3v) is 8.49. The minimum absolute atomic E-state index is 0.125. The number of carboxylic acid groups (broad SMARTS) is 1. The second kappa shape index (κ2) is 10.0. The summed E-state index contributed by atoms with van der Waals surface area (Å²) in [5.41, 5.74) is 2.14. The Balaban J connectivity index is 1.13. The van der Waals surface area contributed by atoms with Crippen LogP contribution in [0.2, 0.25) is 0 Å². The number of hydrogen-bond acceptors (Lipinski definition) is 4. The van der Waals surface area contributed by atoms with Crippen molar-refractivity contribution < 1.29 is 14.6 Å². The average molecular weight is 451 g/mol. The summed E-state index contributed by atoms with van der Waals surface area (Å²) in [4.78, 5) is 18.7. The second-order valence-electron chi connectivity index (χ2n) is 10.7. The third-order valence-electron chi connectivity index (χ3n) is 8.49. The first-order valence-electron chi connectivity index (χ1n) is 13.1. The van der Waals surface area contributed by atoms with E-state index < -0.39 is 5.97 Å². The lowest BCUT2D eigenvalue weighted by atomic mass is 9.72. The molecule has 0 bridgehead atoms. The number of likely N-dealkylation sites (tertiary alicyclic amines) is 1. The zero-order chi connectivity index (χ0) is 22.8. The predicted octanol–water partition coefficient (Wildman–Crippen LogP) is 5.91.